The monoisotopic (exact) mass is 308 g/mol. The molecule has 0 saturated carbocycles. The third-order valence-electron chi connectivity index (χ3n) is 3.87. The molecule has 0 aromatic heterocycles. The molecule has 0 bridgehead atoms. The molecule has 1 fully saturated rings. The van der Waals surface area contributed by atoms with Crippen molar-refractivity contribution in [3.63, 3.8) is 0 Å². The van der Waals surface area contributed by atoms with Crippen molar-refractivity contribution < 1.29 is 22.0 Å². The van der Waals surface area contributed by atoms with E-state index in [0.717, 1.165) is 6.54 Å². The van der Waals surface area contributed by atoms with Crippen LogP contribution in [0.15, 0.2) is 0 Å². The molecular weight excluding hydrogens is 291 g/mol. The topological polar surface area (TPSA) is 15.3 Å². The zero-order valence-corrected chi connectivity index (χ0v) is 11.8. The molecule has 1 aliphatic heterocycles. The average Bonchev–Trinajstić information content (AvgIpc) is 2.46. The third-order valence-corrected chi connectivity index (χ3v) is 3.87. The van der Waals surface area contributed by atoms with Gasteiger partial charge in [-0.1, -0.05) is 13.8 Å². The van der Waals surface area contributed by atoms with E-state index in [9.17, 15) is 22.0 Å². The first-order valence-corrected chi connectivity index (χ1v) is 6.88. The van der Waals surface area contributed by atoms with Gasteiger partial charge < -0.3 is 10.2 Å². The van der Waals surface area contributed by atoms with E-state index in [2.05, 4.69) is 5.32 Å². The molecule has 21 heavy (non-hydrogen) atoms. The first kappa shape index (κ1) is 16.0. The van der Waals surface area contributed by atoms with Gasteiger partial charge in [-0.3, -0.25) is 0 Å². The Labute approximate surface area is 119 Å². The highest BCUT2D eigenvalue weighted by atomic mass is 19.2. The first-order valence-electron chi connectivity index (χ1n) is 6.88. The maximum atomic E-state index is 13.8. The Kier molecular flexibility index (Phi) is 4.70. The van der Waals surface area contributed by atoms with Crippen LogP contribution >= 0.6 is 0 Å². The zero-order valence-electron chi connectivity index (χ0n) is 11.8. The Balaban J connectivity index is 2.32. The number of nitrogens with one attached hydrogen (secondary N) is 1. The van der Waals surface area contributed by atoms with Gasteiger partial charge in [0.15, 0.2) is 23.3 Å². The average molecular weight is 308 g/mol. The lowest BCUT2D eigenvalue weighted by molar-refractivity contribution is 0.318. The van der Waals surface area contributed by atoms with Gasteiger partial charge in [-0.05, 0) is 18.9 Å². The van der Waals surface area contributed by atoms with Crippen molar-refractivity contribution in [2.45, 2.75) is 26.3 Å². The summed E-state index contributed by atoms with van der Waals surface area (Å²) in [4.78, 5) is 1.23. The molecule has 0 radical (unpaired) electrons. The van der Waals surface area contributed by atoms with E-state index < -0.39 is 34.8 Å². The molecule has 1 saturated heterocycles. The number of benzene rings is 1. The van der Waals surface area contributed by atoms with E-state index in [1.165, 1.54) is 4.90 Å². The number of hydrogen-bond donors (Lipinski definition) is 1. The lowest BCUT2D eigenvalue weighted by atomic mass is 9.93. The van der Waals surface area contributed by atoms with Crippen LogP contribution in [0.3, 0.4) is 0 Å². The fourth-order valence-corrected chi connectivity index (χ4v) is 2.79. The molecule has 1 aliphatic rings. The van der Waals surface area contributed by atoms with Crippen LogP contribution in [0.2, 0.25) is 0 Å². The number of hydrogen-bond acceptors (Lipinski definition) is 2. The van der Waals surface area contributed by atoms with E-state index >= 15 is 0 Å². The van der Waals surface area contributed by atoms with Gasteiger partial charge in [-0.25, -0.2) is 22.0 Å². The van der Waals surface area contributed by atoms with Gasteiger partial charge in [0.1, 0.15) is 5.69 Å². The summed E-state index contributed by atoms with van der Waals surface area (Å²) in [5, 5.41) is 3.25. The van der Waals surface area contributed by atoms with Crippen molar-refractivity contribution in [1.29, 1.82) is 0 Å². The van der Waals surface area contributed by atoms with Crippen LogP contribution in [0.4, 0.5) is 27.6 Å². The molecule has 0 amide bonds. The lowest BCUT2D eigenvalue weighted by Crippen LogP contribution is -2.49. The largest absolute Gasteiger partial charge is 0.366 e. The van der Waals surface area contributed by atoms with Gasteiger partial charge in [0.25, 0.3) is 0 Å². The van der Waals surface area contributed by atoms with Crippen molar-refractivity contribution in [2.24, 2.45) is 5.92 Å². The molecule has 2 rings (SSSR count). The number of nitrogens with zero attached hydrogens (tertiary/aromatic N) is 1. The molecule has 1 heterocycles. The second kappa shape index (κ2) is 6.17. The highest BCUT2D eigenvalue weighted by Gasteiger charge is 2.33. The van der Waals surface area contributed by atoms with Crippen LogP contribution in [0.5, 0.6) is 0 Å². The minimum Gasteiger partial charge on any atom is -0.366 e. The predicted octanol–water partition coefficient (Wildman–Crippen LogP) is 3.21. The second-order valence-corrected chi connectivity index (χ2v) is 5.29. The van der Waals surface area contributed by atoms with E-state index in [4.69, 9.17) is 0 Å². The molecule has 1 aromatic carbocycles. The summed E-state index contributed by atoms with van der Waals surface area (Å²) in [5.41, 5.74) is -0.826. The van der Waals surface area contributed by atoms with Crippen molar-refractivity contribution in [3.8, 4) is 0 Å². The molecule has 2 nitrogen and oxygen atoms in total. The van der Waals surface area contributed by atoms with Gasteiger partial charge in [0.2, 0.25) is 5.82 Å². The second-order valence-electron chi connectivity index (χ2n) is 5.29. The summed E-state index contributed by atoms with van der Waals surface area (Å²) in [6.07, 6.45) is 0.578. The molecule has 118 valence electrons. The molecule has 2 atom stereocenters. The highest BCUT2D eigenvalue weighted by Crippen LogP contribution is 2.32. The fraction of sp³-hybridized carbons (Fsp3) is 0.571. The Morgan fingerprint density at radius 2 is 1.52 bits per heavy atom. The summed E-state index contributed by atoms with van der Waals surface area (Å²) in [6, 6.07) is 0.174. The highest BCUT2D eigenvalue weighted by molar-refractivity contribution is 5.51. The van der Waals surface area contributed by atoms with Crippen LogP contribution in [0.25, 0.3) is 0 Å². The maximum Gasteiger partial charge on any atom is 0.200 e. The predicted molar refractivity (Wildman–Crippen MR) is 69.7 cm³/mol. The minimum atomic E-state index is -2.12. The minimum absolute atomic E-state index is 0.0358. The van der Waals surface area contributed by atoms with E-state index in [1.807, 2.05) is 13.8 Å². The van der Waals surface area contributed by atoms with Crippen LogP contribution < -0.4 is 10.2 Å². The van der Waals surface area contributed by atoms with Crippen LogP contribution in [0.1, 0.15) is 20.3 Å². The van der Waals surface area contributed by atoms with Crippen molar-refractivity contribution in [3.05, 3.63) is 29.1 Å². The molecule has 7 heteroatoms. The summed E-state index contributed by atoms with van der Waals surface area (Å²) in [7, 11) is 0. The zero-order chi connectivity index (χ0) is 15.7. The number of anilines is 1. The summed E-state index contributed by atoms with van der Waals surface area (Å²) in [5.74, 6) is -9.41. The number of halogens is 5. The molecule has 0 aliphatic carbocycles. The Morgan fingerprint density at radius 1 is 1.00 bits per heavy atom. The number of rotatable bonds is 3. The standard InChI is InChI=1S/C14H17F5N2/c1-3-20-8-4-5-21(6-7(8)2)14-12(18)10(16)9(15)11(17)13(14)19/h7-8,20H,3-6H2,1-2H3. The maximum absolute atomic E-state index is 13.8. The van der Waals surface area contributed by atoms with Crippen LogP contribution in [-0.2, 0) is 0 Å². The van der Waals surface area contributed by atoms with E-state index in [1.54, 1.807) is 0 Å². The Morgan fingerprint density at radius 3 is 2.00 bits per heavy atom. The fourth-order valence-electron chi connectivity index (χ4n) is 2.79. The molecular formula is C14H17F5N2. The summed E-state index contributed by atoms with van der Waals surface area (Å²) < 4.78 is 67.1. The SMILES string of the molecule is CCNC1CCN(c2c(F)c(F)c(F)c(F)c2F)CC1C. The Bertz CT molecular complexity index is 506. The van der Waals surface area contributed by atoms with E-state index in [-0.39, 0.29) is 25.0 Å². The van der Waals surface area contributed by atoms with Gasteiger partial charge in [-0.2, -0.15) is 0 Å². The van der Waals surface area contributed by atoms with E-state index in [0.29, 0.717) is 6.42 Å². The quantitative estimate of drug-likeness (QED) is 0.524. The van der Waals surface area contributed by atoms with Crippen molar-refractivity contribution in [2.75, 3.05) is 24.5 Å². The number of piperidine rings is 1. The van der Waals surface area contributed by atoms with Crippen LogP contribution in [-0.4, -0.2) is 25.7 Å². The van der Waals surface area contributed by atoms with Gasteiger partial charge >= 0.3 is 0 Å². The van der Waals surface area contributed by atoms with Gasteiger partial charge in [0.05, 0.1) is 0 Å². The Hall–Kier alpha value is -1.37. The molecule has 1 aromatic rings. The lowest BCUT2D eigenvalue weighted by Gasteiger charge is -2.38. The molecule has 0 spiro atoms. The van der Waals surface area contributed by atoms with Crippen LogP contribution in [0, 0.1) is 35.0 Å². The first-order chi connectivity index (χ1) is 9.88. The third kappa shape index (κ3) is 2.84. The van der Waals surface area contributed by atoms with Crippen molar-refractivity contribution in [1.82, 2.24) is 5.32 Å². The van der Waals surface area contributed by atoms with Gasteiger partial charge in [0, 0.05) is 19.1 Å². The summed E-state index contributed by atoms with van der Waals surface area (Å²) in [6.45, 7) is 5.06. The molecule has 1 N–H and O–H groups in total. The molecule has 2 unspecified atom stereocenters. The smallest absolute Gasteiger partial charge is 0.200 e. The normalized spacial score (nSPS) is 22.7. The van der Waals surface area contributed by atoms with Gasteiger partial charge in [-0.15, -0.1) is 0 Å². The summed E-state index contributed by atoms with van der Waals surface area (Å²) >= 11 is 0. The van der Waals surface area contributed by atoms with Crippen molar-refractivity contribution >= 4 is 5.69 Å².